The van der Waals surface area contributed by atoms with Gasteiger partial charge in [0.2, 0.25) is 0 Å². The molecule has 0 unspecified atom stereocenters. The van der Waals surface area contributed by atoms with Crippen LogP contribution in [0.4, 0.5) is 18.9 Å². The molecule has 0 bridgehead atoms. The molecule has 1 rings (SSSR count). The van der Waals surface area contributed by atoms with E-state index in [1.807, 2.05) is 5.32 Å². The maximum atomic E-state index is 12.7. The van der Waals surface area contributed by atoms with Crippen molar-refractivity contribution in [2.45, 2.75) is 6.18 Å². The topological polar surface area (TPSA) is 84.2 Å². The Bertz CT molecular complexity index is 546. The Morgan fingerprint density at radius 3 is 2.35 bits per heavy atom. The number of thiocarbonyl (C=S) groups is 1. The summed E-state index contributed by atoms with van der Waals surface area (Å²) in [6.07, 6.45) is -4.64. The molecular formula is C11H10F3N3O2S. The van der Waals surface area contributed by atoms with Crippen molar-refractivity contribution in [3.8, 4) is 0 Å². The molecule has 5 nitrogen and oxygen atoms in total. The van der Waals surface area contributed by atoms with Gasteiger partial charge in [0.25, 0.3) is 0 Å². The van der Waals surface area contributed by atoms with Crippen LogP contribution in [0.15, 0.2) is 24.3 Å². The lowest BCUT2D eigenvalue weighted by Crippen LogP contribution is -2.39. The lowest BCUT2D eigenvalue weighted by atomic mass is 10.1. The van der Waals surface area contributed by atoms with E-state index in [-0.39, 0.29) is 11.5 Å². The highest BCUT2D eigenvalue weighted by Gasteiger charge is 2.33. The first-order valence-electron chi connectivity index (χ1n) is 5.25. The van der Waals surface area contributed by atoms with E-state index in [0.717, 1.165) is 12.1 Å². The molecule has 1 aromatic carbocycles. The Morgan fingerprint density at radius 1 is 1.20 bits per heavy atom. The summed E-state index contributed by atoms with van der Waals surface area (Å²) >= 11 is 4.48. The van der Waals surface area contributed by atoms with Crippen LogP contribution in [0.25, 0.3) is 0 Å². The Morgan fingerprint density at radius 2 is 1.80 bits per heavy atom. The summed E-state index contributed by atoms with van der Waals surface area (Å²) in [5.41, 5.74) is 3.56. The summed E-state index contributed by atoms with van der Waals surface area (Å²) < 4.78 is 38.0. The van der Waals surface area contributed by atoms with Crippen LogP contribution in [0.1, 0.15) is 5.56 Å². The van der Waals surface area contributed by atoms with Crippen molar-refractivity contribution >= 4 is 34.7 Å². The molecule has 0 spiro atoms. The molecule has 0 aromatic heterocycles. The highest BCUT2D eigenvalue weighted by Crippen LogP contribution is 2.34. The van der Waals surface area contributed by atoms with Gasteiger partial charge in [-0.05, 0) is 12.1 Å². The lowest BCUT2D eigenvalue weighted by Gasteiger charge is -2.13. The molecule has 0 aliphatic carbocycles. The molecule has 0 heterocycles. The Hall–Kier alpha value is -2.16. The molecule has 0 aliphatic rings. The fourth-order valence-electron chi connectivity index (χ4n) is 1.27. The number of rotatable bonds is 3. The van der Waals surface area contributed by atoms with Crippen LogP contribution >= 0.6 is 12.2 Å². The van der Waals surface area contributed by atoms with Crippen molar-refractivity contribution in [2.75, 3.05) is 11.9 Å². The number of carbonyl (C=O) groups excluding carboxylic acids is 2. The third-order valence-corrected chi connectivity index (χ3v) is 2.25. The Balaban J connectivity index is 2.81. The SMILES string of the molecule is NC(=S)CNC(=O)C(=O)Nc1ccccc1C(F)(F)F. The molecule has 0 radical (unpaired) electrons. The monoisotopic (exact) mass is 305 g/mol. The Kier molecular flexibility index (Phi) is 5.03. The van der Waals surface area contributed by atoms with E-state index in [9.17, 15) is 22.8 Å². The third kappa shape index (κ3) is 4.50. The number of carbonyl (C=O) groups is 2. The highest BCUT2D eigenvalue weighted by atomic mass is 32.1. The van der Waals surface area contributed by atoms with Crippen LogP contribution < -0.4 is 16.4 Å². The second-order valence-electron chi connectivity index (χ2n) is 3.65. The maximum Gasteiger partial charge on any atom is 0.418 e. The summed E-state index contributed by atoms with van der Waals surface area (Å²) in [6, 6.07) is 4.31. The minimum atomic E-state index is -4.64. The van der Waals surface area contributed by atoms with Gasteiger partial charge in [0.15, 0.2) is 0 Å². The largest absolute Gasteiger partial charge is 0.418 e. The van der Waals surface area contributed by atoms with Crippen molar-refractivity contribution in [1.29, 1.82) is 0 Å². The fourth-order valence-corrected chi connectivity index (χ4v) is 1.34. The zero-order valence-electron chi connectivity index (χ0n) is 9.95. The number of hydrogen-bond acceptors (Lipinski definition) is 3. The second kappa shape index (κ2) is 6.33. The smallest absolute Gasteiger partial charge is 0.392 e. The molecule has 0 fully saturated rings. The number of halogens is 3. The average Bonchev–Trinajstić information content (AvgIpc) is 2.35. The van der Waals surface area contributed by atoms with E-state index in [4.69, 9.17) is 5.73 Å². The number of nitrogens with two attached hydrogens (primary N) is 1. The minimum absolute atomic E-state index is 0.0539. The van der Waals surface area contributed by atoms with E-state index in [1.165, 1.54) is 12.1 Å². The van der Waals surface area contributed by atoms with Crippen molar-refractivity contribution in [1.82, 2.24) is 5.32 Å². The zero-order chi connectivity index (χ0) is 15.3. The molecule has 0 atom stereocenters. The molecule has 0 saturated heterocycles. The van der Waals surface area contributed by atoms with Gasteiger partial charge >= 0.3 is 18.0 Å². The molecule has 108 valence electrons. The van der Waals surface area contributed by atoms with E-state index in [0.29, 0.717) is 0 Å². The van der Waals surface area contributed by atoms with Crippen LogP contribution in [0.5, 0.6) is 0 Å². The summed E-state index contributed by atoms with van der Waals surface area (Å²) in [6.45, 7) is -0.220. The molecule has 2 amide bonds. The third-order valence-electron chi connectivity index (χ3n) is 2.11. The van der Waals surface area contributed by atoms with Crippen LogP contribution in [0.3, 0.4) is 0 Å². The lowest BCUT2D eigenvalue weighted by molar-refractivity contribution is -0.138. The highest BCUT2D eigenvalue weighted by molar-refractivity contribution is 7.80. The number of hydrogen-bond donors (Lipinski definition) is 3. The number of alkyl halides is 3. The molecule has 0 saturated carbocycles. The van der Waals surface area contributed by atoms with Gasteiger partial charge < -0.3 is 16.4 Å². The van der Waals surface area contributed by atoms with Crippen molar-refractivity contribution in [3.05, 3.63) is 29.8 Å². The molecule has 9 heteroatoms. The predicted molar refractivity (Wildman–Crippen MR) is 69.9 cm³/mol. The first kappa shape index (κ1) is 15.9. The standard InChI is InChI=1S/C11H10F3N3O2S/c12-11(13,14)6-3-1-2-4-7(6)17-10(19)9(18)16-5-8(15)20/h1-4H,5H2,(H2,15,20)(H,16,18)(H,17,19). The van der Waals surface area contributed by atoms with Gasteiger partial charge in [0, 0.05) is 0 Å². The van der Waals surface area contributed by atoms with Gasteiger partial charge in [-0.15, -0.1) is 0 Å². The van der Waals surface area contributed by atoms with E-state index >= 15 is 0 Å². The van der Waals surface area contributed by atoms with Crippen LogP contribution in [-0.4, -0.2) is 23.3 Å². The summed E-state index contributed by atoms with van der Waals surface area (Å²) in [4.78, 5) is 22.7. The van der Waals surface area contributed by atoms with Gasteiger partial charge in [-0.3, -0.25) is 9.59 Å². The molecule has 0 aliphatic heterocycles. The first-order chi connectivity index (χ1) is 9.21. The predicted octanol–water partition coefficient (Wildman–Crippen LogP) is 1.05. The van der Waals surface area contributed by atoms with Crippen LogP contribution in [0, 0.1) is 0 Å². The maximum absolute atomic E-state index is 12.7. The number of nitrogens with one attached hydrogen (secondary N) is 2. The van der Waals surface area contributed by atoms with Crippen molar-refractivity contribution in [2.24, 2.45) is 5.73 Å². The number of anilines is 1. The van der Waals surface area contributed by atoms with Crippen molar-refractivity contribution in [3.63, 3.8) is 0 Å². The van der Waals surface area contributed by atoms with E-state index in [2.05, 4.69) is 17.5 Å². The van der Waals surface area contributed by atoms with E-state index < -0.39 is 29.2 Å². The van der Waals surface area contributed by atoms with Gasteiger partial charge in [-0.25, -0.2) is 0 Å². The first-order valence-corrected chi connectivity index (χ1v) is 5.66. The molecule has 1 aromatic rings. The second-order valence-corrected chi connectivity index (χ2v) is 4.17. The number of benzene rings is 1. The van der Waals surface area contributed by atoms with Crippen LogP contribution in [-0.2, 0) is 15.8 Å². The van der Waals surface area contributed by atoms with E-state index in [1.54, 1.807) is 0 Å². The summed E-state index contributed by atoms with van der Waals surface area (Å²) in [5.74, 6) is -2.37. The van der Waals surface area contributed by atoms with Crippen molar-refractivity contribution < 1.29 is 22.8 Å². The molecule has 4 N–H and O–H groups in total. The van der Waals surface area contributed by atoms with Gasteiger partial charge in [0.1, 0.15) is 0 Å². The molecule has 20 heavy (non-hydrogen) atoms. The Labute approximate surface area is 117 Å². The zero-order valence-corrected chi connectivity index (χ0v) is 10.8. The fraction of sp³-hybridized carbons (Fsp3) is 0.182. The quantitative estimate of drug-likeness (QED) is 0.575. The number of para-hydroxylation sites is 1. The normalized spacial score (nSPS) is 10.8. The minimum Gasteiger partial charge on any atom is -0.392 e. The van der Waals surface area contributed by atoms with Gasteiger partial charge in [-0.2, -0.15) is 13.2 Å². The average molecular weight is 305 g/mol. The van der Waals surface area contributed by atoms with Gasteiger partial charge in [0.05, 0.1) is 22.8 Å². The van der Waals surface area contributed by atoms with Crippen LogP contribution in [0.2, 0.25) is 0 Å². The number of amides is 2. The summed E-state index contributed by atoms with van der Waals surface area (Å²) in [7, 11) is 0. The molecular weight excluding hydrogens is 295 g/mol. The summed E-state index contributed by atoms with van der Waals surface area (Å²) in [5, 5.41) is 3.95. The van der Waals surface area contributed by atoms with Gasteiger partial charge in [-0.1, -0.05) is 24.4 Å².